The van der Waals surface area contributed by atoms with E-state index < -0.39 is 0 Å². The maximum Gasteiger partial charge on any atom is 0.216 e. The first-order valence-electron chi connectivity index (χ1n) is 4.41. The van der Waals surface area contributed by atoms with Gasteiger partial charge in [0.2, 0.25) is 5.91 Å². The summed E-state index contributed by atoms with van der Waals surface area (Å²) in [4.78, 5) is 14.6. The van der Waals surface area contributed by atoms with Gasteiger partial charge in [0, 0.05) is 39.3 Å². The summed E-state index contributed by atoms with van der Waals surface area (Å²) < 4.78 is 1.85. The van der Waals surface area contributed by atoms with E-state index in [1.165, 1.54) is 6.92 Å². The number of aryl methyl sites for hydroxylation is 1. The molecule has 0 fully saturated rings. The highest BCUT2D eigenvalue weighted by molar-refractivity contribution is 5.72. The normalized spacial score (nSPS) is 9.00. The van der Waals surface area contributed by atoms with E-state index in [0.717, 1.165) is 5.82 Å². The van der Waals surface area contributed by atoms with Crippen molar-refractivity contribution < 1.29 is 4.79 Å². The average molecular weight is 191 g/mol. The third kappa shape index (κ3) is 3.31. The van der Waals surface area contributed by atoms with Gasteiger partial charge in [0.25, 0.3) is 0 Å². The minimum atomic E-state index is -0.0243. The van der Waals surface area contributed by atoms with Crippen LogP contribution in [-0.4, -0.2) is 22.0 Å². The summed E-state index contributed by atoms with van der Waals surface area (Å²) in [5.41, 5.74) is 0. The summed E-state index contributed by atoms with van der Waals surface area (Å²) >= 11 is 0. The van der Waals surface area contributed by atoms with E-state index in [1.54, 1.807) is 6.20 Å². The topological polar surface area (TPSA) is 46.9 Å². The number of imidazole rings is 1. The number of nitrogens with zero attached hydrogens (tertiary/aromatic N) is 2. The standard InChI is InChI=1S/C10H13N3O/c1-9(14)11-6-4-3-5-10-12-7-8-13(10)2/h7-8H,4,6H2,1-2H3,(H,11,14). The fraction of sp³-hybridized carbons (Fsp3) is 0.400. The van der Waals surface area contributed by atoms with Gasteiger partial charge < -0.3 is 9.88 Å². The van der Waals surface area contributed by atoms with E-state index in [9.17, 15) is 4.79 Å². The molecule has 0 aliphatic heterocycles. The zero-order valence-corrected chi connectivity index (χ0v) is 8.37. The molecule has 4 nitrogen and oxygen atoms in total. The van der Waals surface area contributed by atoms with E-state index in [0.29, 0.717) is 13.0 Å². The fourth-order valence-electron chi connectivity index (χ4n) is 0.929. The molecule has 1 rings (SSSR count). The van der Waals surface area contributed by atoms with Crippen LogP contribution >= 0.6 is 0 Å². The second-order valence-corrected chi connectivity index (χ2v) is 2.90. The highest BCUT2D eigenvalue weighted by atomic mass is 16.1. The van der Waals surface area contributed by atoms with Crippen LogP contribution in [0.4, 0.5) is 0 Å². The zero-order valence-electron chi connectivity index (χ0n) is 8.37. The Balaban J connectivity index is 2.34. The van der Waals surface area contributed by atoms with Crippen LogP contribution in [0.1, 0.15) is 19.2 Å². The van der Waals surface area contributed by atoms with Crippen molar-refractivity contribution in [3.63, 3.8) is 0 Å². The predicted octanol–water partition coefficient (Wildman–Crippen LogP) is 0.298. The Labute approximate surface area is 83.3 Å². The molecule has 0 unspecified atom stereocenters. The highest BCUT2D eigenvalue weighted by Gasteiger charge is 1.91. The number of amides is 1. The summed E-state index contributed by atoms with van der Waals surface area (Å²) in [5.74, 6) is 6.57. The Bertz CT molecular complexity index is 370. The molecule has 4 heteroatoms. The number of nitrogens with one attached hydrogen (secondary N) is 1. The summed E-state index contributed by atoms with van der Waals surface area (Å²) in [7, 11) is 1.89. The van der Waals surface area contributed by atoms with Crippen molar-refractivity contribution in [1.29, 1.82) is 0 Å². The van der Waals surface area contributed by atoms with Crippen molar-refractivity contribution in [3.8, 4) is 11.8 Å². The number of carbonyl (C=O) groups is 1. The monoisotopic (exact) mass is 191 g/mol. The van der Waals surface area contributed by atoms with Gasteiger partial charge in [0.15, 0.2) is 5.82 Å². The van der Waals surface area contributed by atoms with Crippen molar-refractivity contribution in [3.05, 3.63) is 18.2 Å². The summed E-state index contributed by atoms with van der Waals surface area (Å²) in [6.45, 7) is 2.08. The summed E-state index contributed by atoms with van der Waals surface area (Å²) in [6, 6.07) is 0. The molecule has 1 aromatic heterocycles. The van der Waals surface area contributed by atoms with Crippen LogP contribution in [0.15, 0.2) is 12.4 Å². The Morgan fingerprint density at radius 1 is 1.71 bits per heavy atom. The van der Waals surface area contributed by atoms with Crippen LogP contribution in [0.5, 0.6) is 0 Å². The van der Waals surface area contributed by atoms with E-state index in [1.807, 2.05) is 17.8 Å². The second kappa shape index (κ2) is 5.07. The first-order valence-corrected chi connectivity index (χ1v) is 4.41. The number of hydrogen-bond donors (Lipinski definition) is 1. The van der Waals surface area contributed by atoms with Crippen LogP contribution < -0.4 is 5.32 Å². The third-order valence-electron chi connectivity index (χ3n) is 1.65. The lowest BCUT2D eigenvalue weighted by Gasteiger charge is -1.94. The smallest absolute Gasteiger partial charge is 0.216 e. The molecule has 14 heavy (non-hydrogen) atoms. The lowest BCUT2D eigenvalue weighted by atomic mass is 10.4. The van der Waals surface area contributed by atoms with Crippen molar-refractivity contribution in [2.24, 2.45) is 7.05 Å². The molecule has 0 aliphatic carbocycles. The van der Waals surface area contributed by atoms with Gasteiger partial charge in [-0.25, -0.2) is 4.98 Å². The highest BCUT2D eigenvalue weighted by Crippen LogP contribution is 1.90. The maximum atomic E-state index is 10.5. The average Bonchev–Trinajstić information content (AvgIpc) is 2.51. The van der Waals surface area contributed by atoms with Gasteiger partial charge in [0.1, 0.15) is 0 Å². The molecule has 0 radical (unpaired) electrons. The van der Waals surface area contributed by atoms with Crippen LogP contribution in [0.2, 0.25) is 0 Å². The minimum absolute atomic E-state index is 0.0243. The van der Waals surface area contributed by atoms with Crippen LogP contribution in [-0.2, 0) is 11.8 Å². The Morgan fingerprint density at radius 2 is 2.50 bits per heavy atom. The molecule has 1 aromatic rings. The lowest BCUT2D eigenvalue weighted by Crippen LogP contribution is -2.20. The molecule has 0 aromatic carbocycles. The van der Waals surface area contributed by atoms with Gasteiger partial charge in [-0.15, -0.1) is 0 Å². The van der Waals surface area contributed by atoms with Crippen LogP contribution in [0, 0.1) is 11.8 Å². The van der Waals surface area contributed by atoms with E-state index in [4.69, 9.17) is 0 Å². The Hall–Kier alpha value is -1.76. The van der Waals surface area contributed by atoms with Gasteiger partial charge in [-0.3, -0.25) is 4.79 Å². The van der Waals surface area contributed by atoms with Crippen molar-refractivity contribution in [2.75, 3.05) is 6.54 Å². The molecule has 0 saturated heterocycles. The van der Waals surface area contributed by atoms with E-state index in [2.05, 4.69) is 22.1 Å². The molecule has 74 valence electrons. The van der Waals surface area contributed by atoms with Gasteiger partial charge in [-0.1, -0.05) is 5.92 Å². The predicted molar refractivity (Wildman–Crippen MR) is 53.4 cm³/mol. The number of rotatable bonds is 2. The third-order valence-corrected chi connectivity index (χ3v) is 1.65. The molecule has 0 atom stereocenters. The zero-order chi connectivity index (χ0) is 10.4. The lowest BCUT2D eigenvalue weighted by molar-refractivity contribution is -0.118. The van der Waals surface area contributed by atoms with Gasteiger partial charge >= 0.3 is 0 Å². The minimum Gasteiger partial charge on any atom is -0.355 e. The first kappa shape index (κ1) is 10.3. The number of hydrogen-bond acceptors (Lipinski definition) is 2. The molecule has 0 aliphatic rings. The Morgan fingerprint density at radius 3 is 3.07 bits per heavy atom. The van der Waals surface area contributed by atoms with E-state index in [-0.39, 0.29) is 5.91 Å². The van der Waals surface area contributed by atoms with Gasteiger partial charge in [0.05, 0.1) is 0 Å². The summed E-state index contributed by atoms with van der Waals surface area (Å²) in [6.07, 6.45) is 4.20. The SMILES string of the molecule is CC(=O)NCCC#Cc1nccn1C. The molecular formula is C10H13N3O. The van der Waals surface area contributed by atoms with Gasteiger partial charge in [-0.2, -0.15) is 0 Å². The molecule has 1 amide bonds. The van der Waals surface area contributed by atoms with Crippen molar-refractivity contribution in [1.82, 2.24) is 14.9 Å². The molecule has 1 heterocycles. The number of carbonyl (C=O) groups excluding carboxylic acids is 1. The maximum absolute atomic E-state index is 10.5. The molecule has 0 saturated carbocycles. The summed E-state index contributed by atoms with van der Waals surface area (Å²) in [5, 5.41) is 2.67. The fourth-order valence-corrected chi connectivity index (χ4v) is 0.929. The van der Waals surface area contributed by atoms with Crippen molar-refractivity contribution in [2.45, 2.75) is 13.3 Å². The van der Waals surface area contributed by atoms with Crippen molar-refractivity contribution >= 4 is 5.91 Å². The van der Waals surface area contributed by atoms with Crippen LogP contribution in [0.25, 0.3) is 0 Å². The Kier molecular flexibility index (Phi) is 3.74. The largest absolute Gasteiger partial charge is 0.355 e. The molecule has 0 spiro atoms. The quantitative estimate of drug-likeness (QED) is 0.540. The molecule has 1 N–H and O–H groups in total. The van der Waals surface area contributed by atoms with Gasteiger partial charge in [-0.05, 0) is 5.92 Å². The molecule has 0 bridgehead atoms. The van der Waals surface area contributed by atoms with E-state index >= 15 is 0 Å². The second-order valence-electron chi connectivity index (χ2n) is 2.90. The number of aromatic nitrogens is 2. The molecular weight excluding hydrogens is 178 g/mol. The first-order chi connectivity index (χ1) is 6.70. The van der Waals surface area contributed by atoms with Crippen LogP contribution in [0.3, 0.4) is 0 Å².